The molecule has 1 saturated heterocycles. The van der Waals surface area contributed by atoms with Crippen molar-refractivity contribution in [1.82, 2.24) is 20.2 Å². The summed E-state index contributed by atoms with van der Waals surface area (Å²) in [6.45, 7) is 3.82. The zero-order chi connectivity index (χ0) is 12.4. The Hall–Kier alpha value is -1.21. The lowest BCUT2D eigenvalue weighted by atomic mass is 9.79. The van der Waals surface area contributed by atoms with Gasteiger partial charge in [-0.25, -0.2) is 4.68 Å². The molecule has 0 N–H and O–H groups in total. The van der Waals surface area contributed by atoms with Crippen molar-refractivity contribution >= 4 is 5.95 Å². The lowest BCUT2D eigenvalue weighted by molar-refractivity contribution is -0.107. The molecule has 1 aliphatic carbocycles. The first-order chi connectivity index (χ1) is 8.83. The van der Waals surface area contributed by atoms with Crippen LogP contribution in [0.2, 0.25) is 0 Å². The normalized spacial score (nSPS) is 22.2. The number of rotatable bonds is 4. The van der Waals surface area contributed by atoms with Crippen LogP contribution in [-0.4, -0.2) is 59.2 Å². The fraction of sp³-hybridized carbons (Fsp3) is 0.909. The molecule has 0 aromatic carbocycles. The van der Waals surface area contributed by atoms with E-state index in [-0.39, 0.29) is 5.60 Å². The molecular formula is C11H19N5O2. The Labute approximate surface area is 106 Å². The van der Waals surface area contributed by atoms with E-state index in [0.717, 1.165) is 38.5 Å². The third-order valence-electron chi connectivity index (χ3n) is 3.82. The summed E-state index contributed by atoms with van der Waals surface area (Å²) in [5.74, 6) is 0.835. The first kappa shape index (κ1) is 11.9. The van der Waals surface area contributed by atoms with Gasteiger partial charge in [-0.1, -0.05) is 5.10 Å². The molecule has 1 aromatic rings. The third-order valence-corrected chi connectivity index (χ3v) is 3.82. The molecule has 0 unspecified atom stereocenters. The van der Waals surface area contributed by atoms with E-state index >= 15 is 0 Å². The zero-order valence-electron chi connectivity index (χ0n) is 10.7. The van der Waals surface area contributed by atoms with Crippen LogP contribution < -0.4 is 4.90 Å². The van der Waals surface area contributed by atoms with Crippen LogP contribution in [0.5, 0.6) is 0 Å². The van der Waals surface area contributed by atoms with Crippen LogP contribution in [0.1, 0.15) is 19.3 Å². The predicted molar refractivity (Wildman–Crippen MR) is 64.4 cm³/mol. The van der Waals surface area contributed by atoms with Gasteiger partial charge in [0.2, 0.25) is 5.95 Å². The fourth-order valence-electron chi connectivity index (χ4n) is 2.64. The van der Waals surface area contributed by atoms with Gasteiger partial charge >= 0.3 is 0 Å². The first-order valence-electron chi connectivity index (χ1n) is 6.47. The number of nitrogens with zero attached hydrogens (tertiary/aromatic N) is 5. The quantitative estimate of drug-likeness (QED) is 0.757. The molecule has 1 spiro atoms. The van der Waals surface area contributed by atoms with Crippen molar-refractivity contribution in [2.24, 2.45) is 0 Å². The van der Waals surface area contributed by atoms with E-state index in [9.17, 15) is 0 Å². The molecule has 0 bridgehead atoms. The number of methoxy groups -OCH3 is 1. The van der Waals surface area contributed by atoms with Gasteiger partial charge in [0.05, 0.1) is 25.4 Å². The van der Waals surface area contributed by atoms with Gasteiger partial charge in [0.25, 0.3) is 0 Å². The summed E-state index contributed by atoms with van der Waals surface area (Å²) in [5.41, 5.74) is 0.0658. The highest BCUT2D eigenvalue weighted by Crippen LogP contribution is 2.38. The van der Waals surface area contributed by atoms with Crippen molar-refractivity contribution in [3.8, 4) is 0 Å². The van der Waals surface area contributed by atoms with Crippen molar-refractivity contribution in [2.75, 3.05) is 38.3 Å². The molecule has 7 nitrogen and oxygen atoms in total. The van der Waals surface area contributed by atoms with E-state index in [1.165, 1.54) is 6.42 Å². The van der Waals surface area contributed by atoms with Crippen molar-refractivity contribution in [3.63, 3.8) is 0 Å². The molecule has 2 heterocycles. The Balaban J connectivity index is 1.71. The number of ether oxygens (including phenoxy) is 2. The molecule has 18 heavy (non-hydrogen) atoms. The highest BCUT2D eigenvalue weighted by molar-refractivity contribution is 5.30. The van der Waals surface area contributed by atoms with Crippen molar-refractivity contribution in [1.29, 1.82) is 0 Å². The van der Waals surface area contributed by atoms with Crippen LogP contribution in [0, 0.1) is 0 Å². The van der Waals surface area contributed by atoms with E-state index in [0.29, 0.717) is 13.2 Å². The number of hydrogen-bond donors (Lipinski definition) is 0. The van der Waals surface area contributed by atoms with Gasteiger partial charge < -0.3 is 14.4 Å². The van der Waals surface area contributed by atoms with Gasteiger partial charge in [-0.15, -0.1) is 0 Å². The summed E-state index contributed by atoms with van der Waals surface area (Å²) in [6, 6.07) is 0. The van der Waals surface area contributed by atoms with Gasteiger partial charge in [-0.3, -0.25) is 0 Å². The summed E-state index contributed by atoms with van der Waals surface area (Å²) in [6.07, 6.45) is 3.58. The van der Waals surface area contributed by atoms with Gasteiger partial charge in [0, 0.05) is 20.2 Å². The van der Waals surface area contributed by atoms with E-state index in [4.69, 9.17) is 9.47 Å². The summed E-state index contributed by atoms with van der Waals surface area (Å²) in [4.78, 5) is 2.23. The van der Waals surface area contributed by atoms with Gasteiger partial charge in [-0.05, 0) is 29.7 Å². The highest BCUT2D eigenvalue weighted by Gasteiger charge is 2.43. The maximum Gasteiger partial charge on any atom is 0.245 e. The average molecular weight is 253 g/mol. The van der Waals surface area contributed by atoms with Crippen LogP contribution in [-0.2, 0) is 16.0 Å². The molecule has 2 aliphatic rings. The Morgan fingerprint density at radius 1 is 1.44 bits per heavy atom. The number of hydrogen-bond acceptors (Lipinski definition) is 6. The van der Waals surface area contributed by atoms with Gasteiger partial charge in [-0.2, -0.15) is 0 Å². The fourth-order valence-corrected chi connectivity index (χ4v) is 2.64. The zero-order valence-corrected chi connectivity index (χ0v) is 10.7. The molecule has 0 amide bonds. The van der Waals surface area contributed by atoms with Crippen LogP contribution in [0.15, 0.2) is 0 Å². The van der Waals surface area contributed by atoms with Gasteiger partial charge in [0.15, 0.2) is 0 Å². The van der Waals surface area contributed by atoms with E-state index in [1.807, 2.05) is 0 Å². The molecule has 1 aromatic heterocycles. The second-order valence-electron chi connectivity index (χ2n) is 5.00. The van der Waals surface area contributed by atoms with E-state index < -0.39 is 0 Å². The second-order valence-corrected chi connectivity index (χ2v) is 5.00. The molecule has 0 atom stereocenters. The number of morpholine rings is 1. The summed E-state index contributed by atoms with van der Waals surface area (Å²) in [5, 5.41) is 11.9. The van der Waals surface area contributed by atoms with Crippen LogP contribution >= 0.6 is 0 Å². The molecule has 1 aliphatic heterocycles. The first-order valence-corrected chi connectivity index (χ1v) is 6.47. The minimum absolute atomic E-state index is 0.0658. The molecule has 3 rings (SSSR count). The van der Waals surface area contributed by atoms with Crippen molar-refractivity contribution in [2.45, 2.75) is 31.4 Å². The monoisotopic (exact) mass is 253 g/mol. The van der Waals surface area contributed by atoms with E-state index in [2.05, 4.69) is 20.4 Å². The number of aromatic nitrogens is 4. The standard InChI is InChI=1S/C11H19N5O2/c1-17-7-6-16-10(12-13-14-16)15-5-8-18-11(9-15)3-2-4-11/h2-9H2,1H3. The highest BCUT2D eigenvalue weighted by atomic mass is 16.5. The topological polar surface area (TPSA) is 65.3 Å². The molecule has 100 valence electrons. The Morgan fingerprint density at radius 3 is 3.06 bits per heavy atom. The van der Waals surface area contributed by atoms with Crippen LogP contribution in [0.3, 0.4) is 0 Å². The predicted octanol–water partition coefficient (Wildman–Crippen LogP) is 0.0788. The van der Waals surface area contributed by atoms with Crippen molar-refractivity contribution < 1.29 is 9.47 Å². The minimum Gasteiger partial charge on any atom is -0.383 e. The lowest BCUT2D eigenvalue weighted by Gasteiger charge is -2.48. The summed E-state index contributed by atoms with van der Waals surface area (Å²) < 4.78 is 12.8. The molecular weight excluding hydrogens is 234 g/mol. The third kappa shape index (κ3) is 2.08. The Morgan fingerprint density at radius 2 is 2.33 bits per heavy atom. The maximum atomic E-state index is 5.91. The second kappa shape index (κ2) is 4.81. The summed E-state index contributed by atoms with van der Waals surface area (Å²) >= 11 is 0. The van der Waals surface area contributed by atoms with Crippen LogP contribution in [0.25, 0.3) is 0 Å². The minimum atomic E-state index is 0.0658. The summed E-state index contributed by atoms with van der Waals surface area (Å²) in [7, 11) is 1.68. The largest absolute Gasteiger partial charge is 0.383 e. The molecule has 2 fully saturated rings. The average Bonchev–Trinajstić information content (AvgIpc) is 2.83. The Kier molecular flexibility index (Phi) is 3.17. The van der Waals surface area contributed by atoms with Gasteiger partial charge in [0.1, 0.15) is 0 Å². The Bertz CT molecular complexity index is 404. The maximum absolute atomic E-state index is 5.91. The number of tetrazole rings is 1. The lowest BCUT2D eigenvalue weighted by Crippen LogP contribution is -2.56. The molecule has 0 radical (unpaired) electrons. The van der Waals surface area contributed by atoms with Crippen molar-refractivity contribution in [3.05, 3.63) is 0 Å². The SMILES string of the molecule is COCCn1nnnc1N1CCOC2(CCC2)C1. The van der Waals surface area contributed by atoms with Crippen LogP contribution in [0.4, 0.5) is 5.95 Å². The number of anilines is 1. The molecule has 7 heteroatoms. The van der Waals surface area contributed by atoms with E-state index in [1.54, 1.807) is 11.8 Å². The molecule has 1 saturated carbocycles. The smallest absolute Gasteiger partial charge is 0.245 e.